The van der Waals surface area contributed by atoms with Crippen LogP contribution in [0.15, 0.2) is 6.33 Å². The van der Waals surface area contributed by atoms with Crippen molar-refractivity contribution in [2.45, 2.75) is 102 Å². The van der Waals surface area contributed by atoms with Crippen molar-refractivity contribution in [2.75, 3.05) is 6.61 Å². The maximum Gasteiger partial charge on any atom is 0.225 e. The molecule has 1 fully saturated rings. The number of thiophene rings is 1. The maximum absolute atomic E-state index is 6.49. The molecule has 160 valence electrons. The fraction of sp³-hybridized carbons (Fsp3) is 0.739. The number of nitrogens with zero attached hydrogens (tertiary/aromatic N) is 2. The number of aromatic nitrogens is 2. The summed E-state index contributed by atoms with van der Waals surface area (Å²) in [4.78, 5) is 11.8. The van der Waals surface area contributed by atoms with Gasteiger partial charge in [0.25, 0.3) is 0 Å². The number of hydrogen-bond acceptors (Lipinski definition) is 5. The van der Waals surface area contributed by atoms with Crippen LogP contribution in [0.2, 0.25) is 18.1 Å². The van der Waals surface area contributed by atoms with Gasteiger partial charge in [-0.1, -0.05) is 27.2 Å². The van der Waals surface area contributed by atoms with E-state index in [-0.39, 0.29) is 5.04 Å². The van der Waals surface area contributed by atoms with Gasteiger partial charge in [0.05, 0.1) is 5.39 Å². The van der Waals surface area contributed by atoms with E-state index in [1.165, 1.54) is 41.5 Å². The molecule has 0 aliphatic heterocycles. The molecule has 0 bridgehead atoms. The summed E-state index contributed by atoms with van der Waals surface area (Å²) in [6, 6.07) is 0. The van der Waals surface area contributed by atoms with E-state index < -0.39 is 8.32 Å². The average Bonchev–Trinajstić information content (AvgIpc) is 3.21. The third kappa shape index (κ3) is 4.40. The first-order valence-electron chi connectivity index (χ1n) is 11.3. The number of hydrogen-bond donors (Lipinski definition) is 0. The van der Waals surface area contributed by atoms with Crippen molar-refractivity contribution in [3.8, 4) is 5.88 Å². The summed E-state index contributed by atoms with van der Waals surface area (Å²) in [5.74, 6) is 1.37. The predicted octanol–water partition coefficient (Wildman–Crippen LogP) is 6.84. The Morgan fingerprint density at radius 3 is 2.59 bits per heavy atom. The van der Waals surface area contributed by atoms with Crippen LogP contribution in [-0.2, 0) is 10.8 Å². The van der Waals surface area contributed by atoms with Crippen LogP contribution in [0, 0.1) is 0 Å². The predicted molar refractivity (Wildman–Crippen MR) is 124 cm³/mol. The summed E-state index contributed by atoms with van der Waals surface area (Å²) in [5, 5.41) is 1.46. The third-order valence-corrected chi connectivity index (χ3v) is 13.0. The van der Waals surface area contributed by atoms with Gasteiger partial charge in [-0.25, -0.2) is 9.97 Å². The lowest BCUT2D eigenvalue weighted by atomic mass is 9.97. The second kappa shape index (κ2) is 8.27. The van der Waals surface area contributed by atoms with Crippen molar-refractivity contribution >= 4 is 29.9 Å². The van der Waals surface area contributed by atoms with Crippen molar-refractivity contribution < 1.29 is 9.16 Å². The quantitative estimate of drug-likeness (QED) is 0.468. The summed E-state index contributed by atoms with van der Waals surface area (Å²) in [5.41, 5.74) is 1.47. The lowest BCUT2D eigenvalue weighted by Gasteiger charge is -2.36. The summed E-state index contributed by atoms with van der Waals surface area (Å²) >= 11 is 1.85. The second-order valence-corrected chi connectivity index (χ2v) is 16.2. The molecule has 2 aliphatic rings. The van der Waals surface area contributed by atoms with Gasteiger partial charge in [0, 0.05) is 11.5 Å². The fourth-order valence-corrected chi connectivity index (χ4v) is 6.72. The topological polar surface area (TPSA) is 44.2 Å². The lowest BCUT2D eigenvalue weighted by Crippen LogP contribution is -2.41. The van der Waals surface area contributed by atoms with Gasteiger partial charge in [-0.15, -0.1) is 11.3 Å². The standard InChI is InChI=1S/C23H36N2O2SSi/c1-23(2,3)29(4,5)26-14-13-16-11-12-18-19(16)20-21(24-15-25-22(20)28-18)27-17-9-7-6-8-10-17/h15-17H,6-14H2,1-5H3/t16-/m1/s1. The van der Waals surface area contributed by atoms with Gasteiger partial charge in [-0.05, 0) is 74.6 Å². The fourth-order valence-electron chi connectivity index (χ4n) is 4.43. The normalized spacial score (nSPS) is 20.9. The van der Waals surface area contributed by atoms with Crippen LogP contribution < -0.4 is 4.74 Å². The summed E-state index contributed by atoms with van der Waals surface area (Å²) in [7, 11) is -1.69. The summed E-state index contributed by atoms with van der Waals surface area (Å²) < 4.78 is 12.9. The smallest absolute Gasteiger partial charge is 0.225 e. The molecule has 4 nitrogen and oxygen atoms in total. The molecule has 29 heavy (non-hydrogen) atoms. The highest BCUT2D eigenvalue weighted by atomic mass is 32.1. The highest BCUT2D eigenvalue weighted by molar-refractivity contribution is 7.19. The molecule has 0 spiro atoms. The lowest BCUT2D eigenvalue weighted by molar-refractivity contribution is 0.150. The Kier molecular flexibility index (Phi) is 6.06. The molecule has 1 saturated carbocycles. The maximum atomic E-state index is 6.49. The molecule has 0 amide bonds. The number of ether oxygens (including phenoxy) is 1. The first kappa shape index (κ1) is 21.3. The molecule has 2 heterocycles. The van der Waals surface area contributed by atoms with E-state index >= 15 is 0 Å². The third-order valence-electron chi connectivity index (χ3n) is 7.26. The molecule has 2 aliphatic carbocycles. The van der Waals surface area contributed by atoms with Crippen LogP contribution in [0.25, 0.3) is 10.2 Å². The molecule has 0 N–H and O–H groups in total. The minimum absolute atomic E-state index is 0.262. The zero-order valence-corrected chi connectivity index (χ0v) is 20.5. The Morgan fingerprint density at radius 1 is 1.10 bits per heavy atom. The van der Waals surface area contributed by atoms with E-state index in [0.717, 1.165) is 43.0 Å². The SMILES string of the molecule is CC(C)(C)[Si](C)(C)OCC[C@H]1CCc2sc3ncnc(OC4CCCCC4)c3c21. The molecule has 4 rings (SSSR count). The zero-order chi connectivity index (χ0) is 20.6. The minimum atomic E-state index is -1.69. The van der Waals surface area contributed by atoms with Gasteiger partial charge in [-0.2, -0.15) is 0 Å². The Balaban J connectivity index is 1.52. The Hall–Kier alpha value is -0.983. The van der Waals surface area contributed by atoms with E-state index in [1.807, 2.05) is 11.3 Å². The molecular formula is C23H36N2O2SSi. The Bertz CT molecular complexity index is 852. The molecule has 1 atom stereocenters. The first-order valence-corrected chi connectivity index (χ1v) is 15.1. The van der Waals surface area contributed by atoms with Crippen molar-refractivity contribution in [3.63, 3.8) is 0 Å². The summed E-state index contributed by atoms with van der Waals surface area (Å²) in [6.07, 6.45) is 11.7. The molecule has 2 aromatic heterocycles. The van der Waals surface area contributed by atoms with Gasteiger partial charge in [-0.3, -0.25) is 0 Å². The van der Waals surface area contributed by atoms with Crippen LogP contribution in [0.5, 0.6) is 5.88 Å². The molecule has 2 aromatic rings. The Labute approximate surface area is 180 Å². The number of aryl methyl sites for hydroxylation is 1. The highest BCUT2D eigenvalue weighted by Crippen LogP contribution is 2.47. The molecule has 0 aromatic carbocycles. The average molecular weight is 433 g/mol. The van der Waals surface area contributed by atoms with Crippen LogP contribution in [0.1, 0.15) is 82.1 Å². The summed E-state index contributed by atoms with van der Waals surface area (Å²) in [6.45, 7) is 12.5. The van der Waals surface area contributed by atoms with Crippen molar-refractivity contribution in [1.82, 2.24) is 9.97 Å². The van der Waals surface area contributed by atoms with Gasteiger partial charge in [0.15, 0.2) is 8.32 Å². The van der Waals surface area contributed by atoms with E-state index in [4.69, 9.17) is 9.16 Å². The van der Waals surface area contributed by atoms with E-state index in [2.05, 4.69) is 43.8 Å². The zero-order valence-electron chi connectivity index (χ0n) is 18.7. The molecule has 0 saturated heterocycles. The van der Waals surface area contributed by atoms with Crippen molar-refractivity contribution in [2.24, 2.45) is 0 Å². The highest BCUT2D eigenvalue weighted by Gasteiger charge is 2.37. The van der Waals surface area contributed by atoms with Crippen LogP contribution in [0.4, 0.5) is 0 Å². The minimum Gasteiger partial charge on any atom is -0.474 e. The molecule has 0 unspecified atom stereocenters. The largest absolute Gasteiger partial charge is 0.474 e. The monoisotopic (exact) mass is 432 g/mol. The van der Waals surface area contributed by atoms with Crippen LogP contribution in [0.3, 0.4) is 0 Å². The number of rotatable bonds is 6. The van der Waals surface area contributed by atoms with Gasteiger partial charge in [0.2, 0.25) is 5.88 Å². The molecular weight excluding hydrogens is 396 g/mol. The first-order chi connectivity index (χ1) is 13.8. The second-order valence-electron chi connectivity index (χ2n) is 10.3. The van der Waals surface area contributed by atoms with Crippen molar-refractivity contribution in [3.05, 3.63) is 16.8 Å². The Morgan fingerprint density at radius 2 is 1.86 bits per heavy atom. The van der Waals surface area contributed by atoms with Gasteiger partial charge < -0.3 is 9.16 Å². The molecule has 0 radical (unpaired) electrons. The van der Waals surface area contributed by atoms with Crippen LogP contribution in [-0.4, -0.2) is 31.0 Å². The van der Waals surface area contributed by atoms with E-state index in [1.54, 1.807) is 6.33 Å². The van der Waals surface area contributed by atoms with Crippen molar-refractivity contribution in [1.29, 1.82) is 0 Å². The van der Waals surface area contributed by atoms with Crippen LogP contribution >= 0.6 is 11.3 Å². The number of fused-ring (bicyclic) bond motifs is 3. The molecule has 6 heteroatoms. The van der Waals surface area contributed by atoms with E-state index in [9.17, 15) is 0 Å². The van der Waals surface area contributed by atoms with E-state index in [0.29, 0.717) is 12.0 Å². The van der Waals surface area contributed by atoms with Gasteiger partial charge in [0.1, 0.15) is 17.3 Å². The van der Waals surface area contributed by atoms with Gasteiger partial charge >= 0.3 is 0 Å².